The molecule has 7 atom stereocenters. The molecule has 37 heavy (non-hydrogen) atoms. The molecule has 3 amide bonds. The molecule has 3 heterocycles. The number of alkyl halides is 1. The molecule has 0 radical (unpaired) electrons. The van der Waals surface area contributed by atoms with E-state index in [0.717, 1.165) is 38.5 Å². The van der Waals surface area contributed by atoms with Crippen molar-refractivity contribution in [2.45, 2.75) is 93.5 Å². The van der Waals surface area contributed by atoms with Crippen molar-refractivity contribution >= 4 is 33.7 Å². The third-order valence-electron chi connectivity index (χ3n) is 8.76. The van der Waals surface area contributed by atoms with Crippen molar-refractivity contribution in [2.75, 3.05) is 26.2 Å². The highest BCUT2D eigenvalue weighted by atomic mass is 79.9. The van der Waals surface area contributed by atoms with E-state index < -0.39 is 35.6 Å². The fourth-order valence-electron chi connectivity index (χ4n) is 7.23. The molecule has 1 spiro atoms. The lowest BCUT2D eigenvalue weighted by atomic mass is 9.70. The summed E-state index contributed by atoms with van der Waals surface area (Å²) < 4.78 is 6.64. The average Bonchev–Trinajstić information content (AvgIpc) is 3.49. The third kappa shape index (κ3) is 4.69. The summed E-state index contributed by atoms with van der Waals surface area (Å²) >= 11 is 3.74. The Hall–Kier alpha value is -1.71. The van der Waals surface area contributed by atoms with E-state index in [1.54, 1.807) is 24.0 Å². The lowest BCUT2D eigenvalue weighted by Crippen LogP contribution is -2.60. The summed E-state index contributed by atoms with van der Waals surface area (Å²) in [5.41, 5.74) is -1.11. The van der Waals surface area contributed by atoms with Gasteiger partial charge in [0.15, 0.2) is 0 Å². The van der Waals surface area contributed by atoms with Crippen molar-refractivity contribution in [3.63, 3.8) is 0 Å². The van der Waals surface area contributed by atoms with Crippen LogP contribution in [0.2, 0.25) is 0 Å². The van der Waals surface area contributed by atoms with Crippen LogP contribution < -0.4 is 0 Å². The summed E-state index contributed by atoms with van der Waals surface area (Å²) in [5.74, 6) is -2.00. The number of nitrogens with zero attached hydrogens (tertiary/aromatic N) is 3. The van der Waals surface area contributed by atoms with E-state index in [4.69, 9.17) is 4.74 Å². The molecule has 0 aromatic carbocycles. The molecule has 3 unspecified atom stereocenters. The fraction of sp³-hybridized carbons (Fsp3) is 0.750. The zero-order valence-electron chi connectivity index (χ0n) is 22.2. The van der Waals surface area contributed by atoms with Crippen LogP contribution >= 0.6 is 15.9 Å². The molecule has 4 rings (SSSR count). The van der Waals surface area contributed by atoms with E-state index in [-0.39, 0.29) is 35.2 Å². The number of fused-ring (bicyclic) bond motifs is 1. The van der Waals surface area contributed by atoms with Gasteiger partial charge in [-0.2, -0.15) is 0 Å². The van der Waals surface area contributed by atoms with Gasteiger partial charge in [0.2, 0.25) is 17.7 Å². The smallest absolute Gasteiger partial charge is 0.248 e. The second kappa shape index (κ2) is 11.6. The van der Waals surface area contributed by atoms with E-state index in [2.05, 4.69) is 29.1 Å². The first kappa shape index (κ1) is 28.3. The van der Waals surface area contributed by atoms with E-state index in [1.807, 2.05) is 11.8 Å². The van der Waals surface area contributed by atoms with Gasteiger partial charge >= 0.3 is 0 Å². The van der Waals surface area contributed by atoms with Crippen molar-refractivity contribution in [1.29, 1.82) is 0 Å². The molecule has 4 fully saturated rings. The van der Waals surface area contributed by atoms with Gasteiger partial charge in [-0.1, -0.05) is 54.3 Å². The molecule has 1 aliphatic carbocycles. The highest BCUT2D eigenvalue weighted by molar-refractivity contribution is 9.09. The van der Waals surface area contributed by atoms with Gasteiger partial charge in [-0.3, -0.25) is 14.4 Å². The Kier molecular flexibility index (Phi) is 8.86. The van der Waals surface area contributed by atoms with Gasteiger partial charge in [0, 0.05) is 30.5 Å². The molecule has 8 nitrogen and oxygen atoms in total. The molecular formula is C28H42BrN3O5. The number of aliphatic hydroxyl groups is 1. The van der Waals surface area contributed by atoms with Crippen molar-refractivity contribution in [2.24, 2.45) is 11.8 Å². The first-order valence-electron chi connectivity index (χ1n) is 13.8. The van der Waals surface area contributed by atoms with Crippen LogP contribution in [-0.4, -0.2) is 98.4 Å². The molecule has 3 saturated heterocycles. The summed E-state index contributed by atoms with van der Waals surface area (Å²) in [6.07, 6.45) is 9.33. The second-order valence-electron chi connectivity index (χ2n) is 11.1. The predicted molar refractivity (Wildman–Crippen MR) is 145 cm³/mol. The predicted octanol–water partition coefficient (Wildman–Crippen LogP) is 2.89. The van der Waals surface area contributed by atoms with Gasteiger partial charge in [0.05, 0.1) is 30.6 Å². The van der Waals surface area contributed by atoms with Crippen molar-refractivity contribution in [3.05, 3.63) is 25.3 Å². The van der Waals surface area contributed by atoms with Crippen molar-refractivity contribution in [1.82, 2.24) is 14.7 Å². The Morgan fingerprint density at radius 1 is 1.22 bits per heavy atom. The van der Waals surface area contributed by atoms with Crippen molar-refractivity contribution in [3.8, 4) is 0 Å². The molecule has 4 aliphatic rings. The minimum Gasteiger partial charge on any atom is -0.394 e. The molecule has 9 heteroatoms. The number of rotatable bonds is 11. The number of hydrogen-bond acceptors (Lipinski definition) is 5. The minimum absolute atomic E-state index is 0.0829. The second-order valence-corrected chi connectivity index (χ2v) is 12.3. The topological polar surface area (TPSA) is 90.4 Å². The maximum absolute atomic E-state index is 14.5. The maximum atomic E-state index is 14.5. The average molecular weight is 581 g/mol. The Labute approximate surface area is 229 Å². The summed E-state index contributed by atoms with van der Waals surface area (Å²) in [6, 6.07) is -1.39. The maximum Gasteiger partial charge on any atom is 0.248 e. The highest BCUT2D eigenvalue weighted by Crippen LogP contribution is 2.61. The third-order valence-corrected chi connectivity index (χ3v) is 9.61. The van der Waals surface area contributed by atoms with E-state index >= 15 is 0 Å². The first-order chi connectivity index (χ1) is 17.8. The number of halogens is 1. The van der Waals surface area contributed by atoms with Gasteiger partial charge in [-0.25, -0.2) is 0 Å². The Bertz CT molecular complexity index is 908. The van der Waals surface area contributed by atoms with E-state index in [9.17, 15) is 19.5 Å². The van der Waals surface area contributed by atoms with Crippen LogP contribution in [0.5, 0.6) is 0 Å². The normalized spacial score (nSPS) is 33.8. The van der Waals surface area contributed by atoms with Gasteiger partial charge < -0.3 is 24.5 Å². The van der Waals surface area contributed by atoms with Crippen LogP contribution in [0.25, 0.3) is 0 Å². The monoisotopic (exact) mass is 579 g/mol. The van der Waals surface area contributed by atoms with Crippen LogP contribution in [0, 0.1) is 11.8 Å². The van der Waals surface area contributed by atoms with Crippen LogP contribution in [0.1, 0.15) is 58.8 Å². The summed E-state index contributed by atoms with van der Waals surface area (Å²) in [7, 11) is 0. The number of amides is 3. The standard InChI is InChI=1S/C28H42BrN3O5/c1-5-13-30(14-6-2)25(34)21-22-26(35)32(18(4)17-33)24(28(22)16-20(29)23(21)37-28)27(36)31(15-7-3)19-11-9-8-10-12-19/h5,7,18-24,33H,1,3,6,8-17H2,2,4H3/t18-,20?,21+,22+,23+,24?,28?/m1/s1. The van der Waals surface area contributed by atoms with Gasteiger partial charge in [0.25, 0.3) is 0 Å². The van der Waals surface area contributed by atoms with Gasteiger partial charge in [-0.05, 0) is 32.6 Å². The molecule has 1 saturated carbocycles. The minimum atomic E-state index is -1.11. The number of aliphatic hydroxyl groups excluding tert-OH is 1. The number of carbonyl (C=O) groups excluding carboxylic acids is 3. The van der Waals surface area contributed by atoms with Crippen molar-refractivity contribution < 1.29 is 24.2 Å². The number of ether oxygens (including phenoxy) is 1. The van der Waals surface area contributed by atoms with Crippen LogP contribution in [-0.2, 0) is 19.1 Å². The lowest BCUT2D eigenvalue weighted by Gasteiger charge is -2.42. The molecule has 0 aromatic rings. The number of likely N-dealkylation sites (tertiary alicyclic amines) is 1. The van der Waals surface area contributed by atoms with E-state index in [0.29, 0.717) is 26.1 Å². The zero-order chi connectivity index (χ0) is 26.9. The molecule has 206 valence electrons. The van der Waals surface area contributed by atoms with Crippen LogP contribution in [0.15, 0.2) is 25.3 Å². The molecule has 2 bridgehead atoms. The van der Waals surface area contributed by atoms with E-state index in [1.165, 1.54) is 4.90 Å². The Morgan fingerprint density at radius 2 is 1.89 bits per heavy atom. The Morgan fingerprint density at radius 3 is 2.49 bits per heavy atom. The summed E-state index contributed by atoms with van der Waals surface area (Å²) in [4.78, 5) is 47.5. The molecule has 3 aliphatic heterocycles. The van der Waals surface area contributed by atoms with Crippen LogP contribution in [0.4, 0.5) is 0 Å². The number of hydrogen-bond donors (Lipinski definition) is 1. The SMILES string of the molecule is C=CCN(CCC)C(=O)[C@H]1[C@H]2C(=O)N([C@H](C)CO)C(C(=O)N(CC=C)C3CCCCC3)C23CC(Br)[C@@H]1O3. The zero-order valence-corrected chi connectivity index (χ0v) is 23.8. The number of carbonyl (C=O) groups is 3. The molecule has 0 aromatic heterocycles. The fourth-order valence-corrected chi connectivity index (χ4v) is 8.17. The van der Waals surface area contributed by atoms with Crippen LogP contribution in [0.3, 0.4) is 0 Å². The van der Waals surface area contributed by atoms with Gasteiger partial charge in [-0.15, -0.1) is 13.2 Å². The highest BCUT2D eigenvalue weighted by Gasteiger charge is 2.77. The largest absolute Gasteiger partial charge is 0.394 e. The summed E-state index contributed by atoms with van der Waals surface area (Å²) in [5, 5.41) is 10.1. The summed E-state index contributed by atoms with van der Waals surface area (Å²) in [6.45, 7) is 12.5. The molecular weight excluding hydrogens is 538 g/mol. The van der Waals surface area contributed by atoms with Gasteiger partial charge in [0.1, 0.15) is 11.6 Å². The quantitative estimate of drug-likeness (QED) is 0.300. The first-order valence-corrected chi connectivity index (χ1v) is 14.7. The Balaban J connectivity index is 1.76. The molecule has 1 N–H and O–H groups in total. The lowest BCUT2D eigenvalue weighted by molar-refractivity contribution is -0.153.